The van der Waals surface area contributed by atoms with E-state index < -0.39 is 0 Å². The number of fused-ring (bicyclic) bond motifs is 1. The number of aryl methyl sites for hydroxylation is 4. The summed E-state index contributed by atoms with van der Waals surface area (Å²) in [5.41, 5.74) is 6.66. The molecule has 3 aromatic rings. The van der Waals surface area contributed by atoms with Crippen molar-refractivity contribution < 1.29 is 4.79 Å². The summed E-state index contributed by atoms with van der Waals surface area (Å²) in [6, 6.07) is 13.7. The van der Waals surface area contributed by atoms with E-state index in [0.717, 1.165) is 39.0 Å². The van der Waals surface area contributed by atoms with Crippen LogP contribution in [0.3, 0.4) is 0 Å². The van der Waals surface area contributed by atoms with E-state index in [9.17, 15) is 4.79 Å². The van der Waals surface area contributed by atoms with Gasteiger partial charge in [0.25, 0.3) is 5.91 Å². The minimum absolute atomic E-state index is 0.0974. The number of anilines is 1. The van der Waals surface area contributed by atoms with Gasteiger partial charge in [-0.25, -0.2) is 0 Å². The number of rotatable bonds is 2. The molecule has 0 saturated carbocycles. The second-order valence-corrected chi connectivity index (χ2v) is 6.11. The van der Waals surface area contributed by atoms with Gasteiger partial charge in [0, 0.05) is 16.6 Å². The minimum Gasteiger partial charge on any atom is -0.321 e. The van der Waals surface area contributed by atoms with Crippen LogP contribution < -0.4 is 5.32 Å². The Morgan fingerprint density at radius 2 is 1.74 bits per heavy atom. The zero-order valence-corrected chi connectivity index (χ0v) is 13.9. The molecule has 0 aliphatic heterocycles. The van der Waals surface area contributed by atoms with E-state index in [1.165, 1.54) is 0 Å². The van der Waals surface area contributed by atoms with E-state index in [-0.39, 0.29) is 5.91 Å². The molecular formula is C20H20N2O. The number of hydrogen-bond donors (Lipinski definition) is 1. The molecule has 3 rings (SSSR count). The highest BCUT2D eigenvalue weighted by atomic mass is 16.1. The highest BCUT2D eigenvalue weighted by molar-refractivity contribution is 6.09. The van der Waals surface area contributed by atoms with E-state index >= 15 is 0 Å². The molecule has 3 heteroatoms. The summed E-state index contributed by atoms with van der Waals surface area (Å²) in [7, 11) is 0. The lowest BCUT2D eigenvalue weighted by molar-refractivity contribution is 0.102. The number of aromatic nitrogens is 1. The SMILES string of the molecule is Cc1cccc(C(=O)Nc2cc(C)nc3c(C)cc(C)cc23)c1. The first-order valence-corrected chi connectivity index (χ1v) is 7.70. The van der Waals surface area contributed by atoms with Gasteiger partial charge < -0.3 is 5.32 Å². The highest BCUT2D eigenvalue weighted by Crippen LogP contribution is 2.27. The van der Waals surface area contributed by atoms with Crippen LogP contribution >= 0.6 is 0 Å². The van der Waals surface area contributed by atoms with Gasteiger partial charge in [0.15, 0.2) is 0 Å². The average Bonchev–Trinajstić information content (AvgIpc) is 2.48. The predicted molar refractivity (Wildman–Crippen MR) is 95.1 cm³/mol. The van der Waals surface area contributed by atoms with Crippen LogP contribution in [0.25, 0.3) is 10.9 Å². The van der Waals surface area contributed by atoms with Gasteiger partial charge in [0.1, 0.15) is 0 Å². The Kier molecular flexibility index (Phi) is 3.87. The van der Waals surface area contributed by atoms with Crippen LogP contribution in [0.2, 0.25) is 0 Å². The third-order valence-corrected chi connectivity index (χ3v) is 3.90. The summed E-state index contributed by atoms with van der Waals surface area (Å²) >= 11 is 0. The molecule has 0 unspecified atom stereocenters. The Hall–Kier alpha value is -2.68. The van der Waals surface area contributed by atoms with Gasteiger partial charge in [-0.1, -0.05) is 29.3 Å². The lowest BCUT2D eigenvalue weighted by Crippen LogP contribution is -2.13. The molecule has 1 aromatic heterocycles. The van der Waals surface area contributed by atoms with Crippen molar-refractivity contribution in [1.82, 2.24) is 4.98 Å². The second-order valence-electron chi connectivity index (χ2n) is 6.11. The van der Waals surface area contributed by atoms with Crippen molar-refractivity contribution in [2.45, 2.75) is 27.7 Å². The van der Waals surface area contributed by atoms with E-state index in [4.69, 9.17) is 0 Å². The zero-order valence-electron chi connectivity index (χ0n) is 13.9. The molecule has 3 nitrogen and oxygen atoms in total. The summed E-state index contributed by atoms with van der Waals surface area (Å²) in [6.45, 7) is 8.03. The predicted octanol–water partition coefficient (Wildman–Crippen LogP) is 4.72. The summed E-state index contributed by atoms with van der Waals surface area (Å²) in [5.74, 6) is -0.0974. The first kappa shape index (κ1) is 15.2. The van der Waals surface area contributed by atoms with Gasteiger partial charge >= 0.3 is 0 Å². The van der Waals surface area contributed by atoms with Crippen molar-refractivity contribution in [1.29, 1.82) is 0 Å². The van der Waals surface area contributed by atoms with Crippen LogP contribution in [0.1, 0.15) is 32.7 Å². The number of pyridine rings is 1. The van der Waals surface area contributed by atoms with E-state index in [1.54, 1.807) is 0 Å². The van der Waals surface area contributed by atoms with Crippen molar-refractivity contribution in [2.24, 2.45) is 0 Å². The quantitative estimate of drug-likeness (QED) is 0.744. The number of carbonyl (C=O) groups is 1. The lowest BCUT2D eigenvalue weighted by Gasteiger charge is -2.12. The smallest absolute Gasteiger partial charge is 0.255 e. The Balaban J connectivity index is 2.07. The topological polar surface area (TPSA) is 42.0 Å². The molecule has 0 radical (unpaired) electrons. The molecule has 23 heavy (non-hydrogen) atoms. The normalized spacial score (nSPS) is 10.8. The molecule has 0 spiro atoms. The maximum atomic E-state index is 12.6. The molecule has 1 heterocycles. The maximum Gasteiger partial charge on any atom is 0.255 e. The van der Waals surface area contributed by atoms with Crippen LogP contribution in [0, 0.1) is 27.7 Å². The fourth-order valence-electron chi connectivity index (χ4n) is 2.89. The molecule has 0 aliphatic carbocycles. The first-order chi connectivity index (χ1) is 10.9. The Labute approximate surface area is 136 Å². The summed E-state index contributed by atoms with van der Waals surface area (Å²) in [5, 5.41) is 4.03. The molecule has 116 valence electrons. The lowest BCUT2D eigenvalue weighted by atomic mass is 10.0. The number of amides is 1. The molecule has 1 N–H and O–H groups in total. The van der Waals surface area contributed by atoms with Crippen molar-refractivity contribution in [3.8, 4) is 0 Å². The maximum absolute atomic E-state index is 12.6. The molecular weight excluding hydrogens is 284 g/mol. The van der Waals surface area contributed by atoms with Crippen molar-refractivity contribution in [2.75, 3.05) is 5.32 Å². The Morgan fingerprint density at radius 1 is 0.957 bits per heavy atom. The van der Waals surface area contributed by atoms with E-state index in [2.05, 4.69) is 29.4 Å². The van der Waals surface area contributed by atoms with Gasteiger partial charge in [0.2, 0.25) is 0 Å². The molecule has 1 amide bonds. The van der Waals surface area contributed by atoms with Crippen LogP contribution in [0.4, 0.5) is 5.69 Å². The van der Waals surface area contributed by atoms with Gasteiger partial charge in [-0.15, -0.1) is 0 Å². The standard InChI is InChI=1S/C20H20N2O/c1-12-6-5-7-16(9-12)20(23)22-18-11-15(4)21-19-14(3)8-13(2)10-17(18)19/h5-11H,1-4H3,(H,21,22,23). The molecule has 0 atom stereocenters. The third-order valence-electron chi connectivity index (χ3n) is 3.90. The summed E-state index contributed by atoms with van der Waals surface area (Å²) in [6.07, 6.45) is 0. The van der Waals surface area contributed by atoms with Crippen molar-refractivity contribution >= 4 is 22.5 Å². The van der Waals surface area contributed by atoms with E-state index in [0.29, 0.717) is 5.56 Å². The zero-order chi connectivity index (χ0) is 16.6. The highest BCUT2D eigenvalue weighted by Gasteiger charge is 2.11. The van der Waals surface area contributed by atoms with Crippen LogP contribution in [0.15, 0.2) is 42.5 Å². The third kappa shape index (κ3) is 3.09. The van der Waals surface area contributed by atoms with Crippen molar-refractivity contribution in [3.63, 3.8) is 0 Å². The average molecular weight is 304 g/mol. The van der Waals surface area contributed by atoms with E-state index in [1.807, 2.05) is 51.1 Å². The largest absolute Gasteiger partial charge is 0.321 e. The second kappa shape index (κ2) is 5.84. The molecule has 0 fully saturated rings. The molecule has 2 aromatic carbocycles. The minimum atomic E-state index is -0.0974. The first-order valence-electron chi connectivity index (χ1n) is 7.70. The number of nitrogens with one attached hydrogen (secondary N) is 1. The van der Waals surface area contributed by atoms with Gasteiger partial charge in [-0.2, -0.15) is 0 Å². The molecule has 0 saturated heterocycles. The number of carbonyl (C=O) groups excluding carboxylic acids is 1. The monoisotopic (exact) mass is 304 g/mol. The molecule has 0 aliphatic rings. The van der Waals surface area contributed by atoms with Crippen molar-refractivity contribution in [3.05, 3.63) is 70.4 Å². The van der Waals surface area contributed by atoms with Gasteiger partial charge in [-0.3, -0.25) is 9.78 Å². The van der Waals surface area contributed by atoms with Gasteiger partial charge in [0.05, 0.1) is 11.2 Å². The fraction of sp³-hybridized carbons (Fsp3) is 0.200. The fourth-order valence-corrected chi connectivity index (χ4v) is 2.89. The number of benzene rings is 2. The van der Waals surface area contributed by atoms with Gasteiger partial charge in [-0.05, 0) is 57.5 Å². The van der Waals surface area contributed by atoms with Crippen LogP contribution in [-0.4, -0.2) is 10.9 Å². The Bertz CT molecular complexity index is 913. The number of hydrogen-bond acceptors (Lipinski definition) is 2. The van der Waals surface area contributed by atoms with Crippen LogP contribution in [0.5, 0.6) is 0 Å². The summed E-state index contributed by atoms with van der Waals surface area (Å²) < 4.78 is 0. The Morgan fingerprint density at radius 3 is 2.48 bits per heavy atom. The van der Waals surface area contributed by atoms with Crippen LogP contribution in [-0.2, 0) is 0 Å². The molecule has 0 bridgehead atoms. The number of nitrogens with zero attached hydrogens (tertiary/aromatic N) is 1. The summed E-state index contributed by atoms with van der Waals surface area (Å²) in [4.78, 5) is 17.2.